The summed E-state index contributed by atoms with van der Waals surface area (Å²) in [7, 11) is 0. The molecule has 0 amide bonds. The van der Waals surface area contributed by atoms with Crippen LogP contribution < -0.4 is 0 Å². The Bertz CT molecular complexity index is 426. The van der Waals surface area contributed by atoms with Crippen molar-refractivity contribution in [2.75, 3.05) is 0 Å². The van der Waals surface area contributed by atoms with Crippen LogP contribution in [0.4, 0.5) is 0 Å². The van der Waals surface area contributed by atoms with Gasteiger partial charge in [0.05, 0.1) is 0 Å². The van der Waals surface area contributed by atoms with Crippen molar-refractivity contribution in [2.45, 2.75) is 46.5 Å². The van der Waals surface area contributed by atoms with E-state index in [1.54, 1.807) is 0 Å². The molecule has 0 spiro atoms. The van der Waals surface area contributed by atoms with Crippen LogP contribution in [0.3, 0.4) is 0 Å². The number of carbonyl (C=O) groups excluding carboxylic acids is 1. The van der Waals surface area contributed by atoms with Crippen molar-refractivity contribution in [2.24, 2.45) is 5.41 Å². The predicted octanol–water partition coefficient (Wildman–Crippen LogP) is 5.59. The average molecular weight is 371 g/mol. The third-order valence-electron chi connectivity index (χ3n) is 3.05. The normalized spacial score (nSPS) is 17.1. The van der Waals surface area contributed by atoms with Gasteiger partial charge < -0.3 is 0 Å². The van der Waals surface area contributed by atoms with Crippen molar-refractivity contribution in [3.8, 4) is 0 Å². The molecule has 1 aromatic carbocycles. The first-order valence-corrected chi connectivity index (χ1v) is 7.41. The first-order chi connectivity index (χ1) is 9.52. The molecule has 0 N–H and O–H groups in total. The molecular weight excluding hydrogens is 345 g/mol. The van der Waals surface area contributed by atoms with E-state index < -0.39 is 0 Å². The molecule has 21 heavy (non-hydrogen) atoms. The first kappa shape index (κ1) is 20.0. The Morgan fingerprint density at radius 1 is 0.810 bits per heavy atom. The van der Waals surface area contributed by atoms with E-state index in [2.05, 4.69) is 24.3 Å². The zero-order valence-corrected chi connectivity index (χ0v) is 15.0. The molecule has 0 aromatic heterocycles. The molecule has 0 heterocycles. The summed E-state index contributed by atoms with van der Waals surface area (Å²) in [5, 5.41) is 0. The van der Waals surface area contributed by atoms with Gasteiger partial charge in [0.25, 0.3) is 0 Å². The molecule has 2 rings (SSSR count). The Balaban J connectivity index is 0.000000390. The van der Waals surface area contributed by atoms with Crippen molar-refractivity contribution < 1.29 is 24.3 Å². The molecule has 0 aliphatic heterocycles. The number of ketones is 1. The molecule has 1 aromatic rings. The zero-order valence-electron chi connectivity index (χ0n) is 13.3. The quantitative estimate of drug-likeness (QED) is 0.357. The third-order valence-corrected chi connectivity index (χ3v) is 3.05. The molecule has 1 nitrogen and oxygen atoms in total. The maximum atomic E-state index is 11.7. The van der Waals surface area contributed by atoms with Crippen LogP contribution in [0.1, 0.15) is 56.8 Å². The molecule has 2 heteroatoms. The summed E-state index contributed by atoms with van der Waals surface area (Å²) >= 11 is 0. The van der Waals surface area contributed by atoms with E-state index >= 15 is 0 Å². The van der Waals surface area contributed by atoms with Crippen LogP contribution in [0.5, 0.6) is 0 Å². The van der Waals surface area contributed by atoms with Gasteiger partial charge in [-0.05, 0) is 25.7 Å². The van der Waals surface area contributed by atoms with Gasteiger partial charge >= 0.3 is 0 Å². The Morgan fingerprint density at radius 2 is 1.19 bits per heavy atom. The number of rotatable bonds is 1. The topological polar surface area (TPSA) is 17.1 Å². The molecule has 116 valence electrons. The molecule has 0 atom stereocenters. The number of benzene rings is 1. The fraction of sp³-hybridized carbons (Fsp3) is 0.421. The van der Waals surface area contributed by atoms with E-state index in [9.17, 15) is 4.79 Å². The van der Waals surface area contributed by atoms with Gasteiger partial charge in [0, 0.05) is 30.5 Å². The molecular formula is C19H26ORu. The van der Waals surface area contributed by atoms with Crippen molar-refractivity contribution in [3.05, 3.63) is 60.2 Å². The number of Topliss-reactive ketones (excluding diaryl/α,β-unsaturated/α-hetero) is 1. The maximum absolute atomic E-state index is 11.7. The van der Waals surface area contributed by atoms with Gasteiger partial charge in [-0.15, -0.1) is 0 Å². The van der Waals surface area contributed by atoms with Gasteiger partial charge in [-0.1, -0.05) is 75.4 Å². The average Bonchev–Trinajstić information content (AvgIpc) is 2.38. The Kier molecular flexibility index (Phi) is 10.2. The van der Waals surface area contributed by atoms with Gasteiger partial charge in [0.2, 0.25) is 0 Å². The van der Waals surface area contributed by atoms with E-state index in [1.165, 1.54) is 25.7 Å². The minimum absolute atomic E-state index is 0. The van der Waals surface area contributed by atoms with Gasteiger partial charge in [-0.2, -0.15) is 0 Å². The second-order valence-electron chi connectivity index (χ2n) is 6.04. The van der Waals surface area contributed by atoms with Gasteiger partial charge in [0.1, 0.15) is 0 Å². The number of hydrogen-bond acceptors (Lipinski definition) is 1. The fourth-order valence-corrected chi connectivity index (χ4v) is 1.88. The largest absolute Gasteiger partial charge is 0.294 e. The summed E-state index contributed by atoms with van der Waals surface area (Å²) in [5.74, 6) is 0.197. The zero-order chi connectivity index (χ0) is 14.8. The van der Waals surface area contributed by atoms with Crippen LogP contribution in [-0.4, -0.2) is 5.78 Å². The molecule has 0 fully saturated rings. The Labute approximate surface area is 142 Å². The summed E-state index contributed by atoms with van der Waals surface area (Å²) in [6.45, 7) is 5.80. The molecule has 0 saturated carbocycles. The summed E-state index contributed by atoms with van der Waals surface area (Å²) < 4.78 is 0. The molecule has 0 radical (unpaired) electrons. The van der Waals surface area contributed by atoms with Crippen molar-refractivity contribution in [1.29, 1.82) is 0 Å². The van der Waals surface area contributed by atoms with Crippen molar-refractivity contribution in [1.82, 2.24) is 0 Å². The number of carbonyl (C=O) groups is 1. The monoisotopic (exact) mass is 372 g/mol. The number of allylic oxidation sites excluding steroid dienone is 4. The smallest absolute Gasteiger partial charge is 0.168 e. The summed E-state index contributed by atoms with van der Waals surface area (Å²) in [4.78, 5) is 11.7. The van der Waals surface area contributed by atoms with Crippen LogP contribution >= 0.6 is 0 Å². The minimum atomic E-state index is -0.276. The van der Waals surface area contributed by atoms with E-state index in [1.807, 2.05) is 51.1 Å². The van der Waals surface area contributed by atoms with Crippen LogP contribution in [0, 0.1) is 5.41 Å². The van der Waals surface area contributed by atoms with Crippen LogP contribution in [0.2, 0.25) is 0 Å². The van der Waals surface area contributed by atoms with Crippen molar-refractivity contribution >= 4 is 5.78 Å². The maximum Gasteiger partial charge on any atom is 0.168 e. The Morgan fingerprint density at radius 3 is 1.52 bits per heavy atom. The van der Waals surface area contributed by atoms with Crippen LogP contribution in [0.25, 0.3) is 0 Å². The standard InChI is InChI=1S/C11H14O.C8H12.Ru/c1-11(2,3)10(12)9-7-5-4-6-8-9;1-2-4-6-8-7-5-3-1;/h4-8H,1-3H3;1-2,7-8H,3-6H2;/b;2-1-,8-7-;. The third kappa shape index (κ3) is 8.78. The Hall–Kier alpha value is -1.01. The van der Waals surface area contributed by atoms with E-state index in [0.717, 1.165) is 5.56 Å². The second kappa shape index (κ2) is 10.7. The van der Waals surface area contributed by atoms with E-state index in [-0.39, 0.29) is 30.7 Å². The van der Waals surface area contributed by atoms with E-state index in [0.29, 0.717) is 0 Å². The van der Waals surface area contributed by atoms with Gasteiger partial charge in [-0.25, -0.2) is 0 Å². The first-order valence-electron chi connectivity index (χ1n) is 7.41. The van der Waals surface area contributed by atoms with E-state index in [4.69, 9.17) is 0 Å². The summed E-state index contributed by atoms with van der Waals surface area (Å²) in [5.41, 5.74) is 0.520. The van der Waals surface area contributed by atoms with Crippen LogP contribution in [-0.2, 0) is 19.5 Å². The minimum Gasteiger partial charge on any atom is -0.294 e. The summed E-state index contributed by atoms with van der Waals surface area (Å²) in [6, 6.07) is 9.40. The van der Waals surface area contributed by atoms with Crippen LogP contribution in [0.15, 0.2) is 54.6 Å². The van der Waals surface area contributed by atoms with Gasteiger partial charge in [0.15, 0.2) is 5.78 Å². The molecule has 0 saturated heterocycles. The molecule has 1 aliphatic carbocycles. The second-order valence-corrected chi connectivity index (χ2v) is 6.04. The number of hydrogen-bond donors (Lipinski definition) is 0. The molecule has 1 aliphatic rings. The molecule has 0 bridgehead atoms. The predicted molar refractivity (Wildman–Crippen MR) is 87.0 cm³/mol. The fourth-order valence-electron chi connectivity index (χ4n) is 1.88. The SMILES string of the molecule is C1=C\CC/C=C\CC/1.CC(C)(C)C(=O)c1ccccc1.[Ru]. The summed E-state index contributed by atoms with van der Waals surface area (Å²) in [6.07, 6.45) is 14.0. The van der Waals surface area contributed by atoms with Crippen molar-refractivity contribution in [3.63, 3.8) is 0 Å². The molecule has 0 unspecified atom stereocenters. The van der Waals surface area contributed by atoms with Gasteiger partial charge in [-0.3, -0.25) is 4.79 Å².